The van der Waals surface area contributed by atoms with E-state index in [2.05, 4.69) is 25.8 Å². The van der Waals surface area contributed by atoms with Crippen LogP contribution in [0.1, 0.15) is 41.8 Å². The number of benzene rings is 1. The minimum atomic E-state index is -0.0376. The van der Waals surface area contributed by atoms with E-state index in [1.54, 1.807) is 6.08 Å². The lowest BCUT2D eigenvalue weighted by molar-refractivity contribution is 0.104. The van der Waals surface area contributed by atoms with Crippen LogP contribution in [0.4, 0.5) is 0 Å². The smallest absolute Gasteiger partial charge is 0.214 e. The number of allylic oxidation sites excluding steroid dienone is 1. The largest absolute Gasteiger partial charge is 0.287 e. The van der Waals surface area contributed by atoms with Crippen molar-refractivity contribution in [1.82, 2.24) is 4.98 Å². The second kappa shape index (κ2) is 5.49. The molecule has 0 saturated carbocycles. The van der Waals surface area contributed by atoms with Crippen LogP contribution in [0.2, 0.25) is 0 Å². The highest BCUT2D eigenvalue weighted by molar-refractivity contribution is 7.11. The summed E-state index contributed by atoms with van der Waals surface area (Å²) in [5.41, 5.74) is 1.97. The first kappa shape index (κ1) is 13.7. The number of rotatable bonds is 3. The summed E-state index contributed by atoms with van der Waals surface area (Å²) in [4.78, 5) is 16.4. The van der Waals surface area contributed by atoms with Crippen LogP contribution in [0.25, 0.3) is 6.08 Å². The van der Waals surface area contributed by atoms with Gasteiger partial charge in [0.05, 0.1) is 5.69 Å². The molecule has 1 heterocycles. The zero-order valence-electron chi connectivity index (χ0n) is 11.4. The lowest BCUT2D eigenvalue weighted by atomic mass is 9.93. The third-order valence-corrected chi connectivity index (χ3v) is 3.57. The van der Waals surface area contributed by atoms with Crippen LogP contribution < -0.4 is 0 Å². The Bertz CT molecular complexity index is 591. The molecule has 2 nitrogen and oxygen atoms in total. The Balaban J connectivity index is 2.13. The Morgan fingerprint density at radius 1 is 1.21 bits per heavy atom. The summed E-state index contributed by atoms with van der Waals surface area (Å²) in [5, 5.41) is 2.51. The Morgan fingerprint density at radius 3 is 2.47 bits per heavy atom. The normalized spacial score (nSPS) is 11.9. The van der Waals surface area contributed by atoms with E-state index in [9.17, 15) is 4.79 Å². The lowest BCUT2D eigenvalue weighted by Gasteiger charge is -2.13. The van der Waals surface area contributed by atoms with Gasteiger partial charge >= 0.3 is 0 Å². The average Bonchev–Trinajstić information content (AvgIpc) is 2.87. The summed E-state index contributed by atoms with van der Waals surface area (Å²) in [5.74, 6) is -0.0376. The molecule has 0 bridgehead atoms. The van der Waals surface area contributed by atoms with Gasteiger partial charge in [0.1, 0.15) is 0 Å². The molecule has 0 radical (unpaired) electrons. The fraction of sp³-hybridized carbons (Fsp3) is 0.250. The van der Waals surface area contributed by atoms with Gasteiger partial charge in [-0.3, -0.25) is 4.79 Å². The summed E-state index contributed by atoms with van der Waals surface area (Å²) in [6.07, 6.45) is 3.40. The molecule has 0 saturated heterocycles. The van der Waals surface area contributed by atoms with Crippen molar-refractivity contribution in [1.29, 1.82) is 0 Å². The van der Waals surface area contributed by atoms with E-state index in [1.165, 1.54) is 11.3 Å². The summed E-state index contributed by atoms with van der Waals surface area (Å²) in [6, 6.07) is 9.78. The molecule has 0 spiro atoms. The van der Waals surface area contributed by atoms with Crippen LogP contribution in [-0.4, -0.2) is 10.8 Å². The summed E-state index contributed by atoms with van der Waals surface area (Å²) in [7, 11) is 0. The second-order valence-corrected chi connectivity index (χ2v) is 6.25. The molecule has 1 aromatic carbocycles. The monoisotopic (exact) mass is 271 g/mol. The van der Waals surface area contributed by atoms with Gasteiger partial charge in [0, 0.05) is 10.8 Å². The Labute approximate surface area is 117 Å². The Kier molecular flexibility index (Phi) is 3.96. The van der Waals surface area contributed by atoms with E-state index < -0.39 is 0 Å². The molecule has 1 aromatic heterocycles. The SMILES string of the molecule is CC(C)(C)c1csc(C(=O)C=Cc2ccccc2)n1. The van der Waals surface area contributed by atoms with Crippen molar-refractivity contribution >= 4 is 23.2 Å². The minimum absolute atomic E-state index is 0.0157. The molecule has 0 N–H and O–H groups in total. The van der Waals surface area contributed by atoms with Crippen molar-refractivity contribution < 1.29 is 4.79 Å². The molecular formula is C16H17NOS. The second-order valence-electron chi connectivity index (χ2n) is 5.40. The standard InChI is InChI=1S/C16H17NOS/c1-16(2,3)14-11-19-15(17-14)13(18)10-9-12-7-5-4-6-8-12/h4-11H,1-3H3. The van der Waals surface area contributed by atoms with E-state index in [0.29, 0.717) is 5.01 Å². The van der Waals surface area contributed by atoms with Crippen molar-refractivity contribution in [2.24, 2.45) is 0 Å². The number of nitrogens with zero attached hydrogens (tertiary/aromatic N) is 1. The van der Waals surface area contributed by atoms with Crippen LogP contribution in [0.15, 0.2) is 41.8 Å². The predicted octanol–water partition coefficient (Wildman–Crippen LogP) is 4.34. The third kappa shape index (κ3) is 3.61. The first-order chi connectivity index (χ1) is 8.97. The number of thiazole rings is 1. The van der Waals surface area contributed by atoms with E-state index in [1.807, 2.05) is 41.8 Å². The van der Waals surface area contributed by atoms with Crippen LogP contribution in [0, 0.1) is 0 Å². The number of hydrogen-bond donors (Lipinski definition) is 0. The molecule has 0 aliphatic rings. The maximum absolute atomic E-state index is 12.0. The molecule has 2 aromatic rings. The maximum Gasteiger partial charge on any atom is 0.214 e. The molecule has 2 rings (SSSR count). The zero-order valence-corrected chi connectivity index (χ0v) is 12.2. The lowest BCUT2D eigenvalue weighted by Crippen LogP contribution is -2.11. The molecule has 19 heavy (non-hydrogen) atoms. The van der Waals surface area contributed by atoms with Crippen LogP contribution in [0.3, 0.4) is 0 Å². The molecule has 0 atom stereocenters. The molecule has 0 amide bonds. The van der Waals surface area contributed by atoms with Crippen molar-refractivity contribution in [3.63, 3.8) is 0 Å². The average molecular weight is 271 g/mol. The summed E-state index contributed by atoms with van der Waals surface area (Å²) < 4.78 is 0. The van der Waals surface area contributed by atoms with Crippen LogP contribution >= 0.6 is 11.3 Å². The number of carbonyl (C=O) groups excluding carboxylic acids is 1. The van der Waals surface area contributed by atoms with Gasteiger partial charge in [-0.2, -0.15) is 0 Å². The minimum Gasteiger partial charge on any atom is -0.287 e. The number of ketones is 1. The quantitative estimate of drug-likeness (QED) is 0.614. The van der Waals surface area contributed by atoms with Crippen molar-refractivity contribution in [2.75, 3.05) is 0 Å². The number of carbonyl (C=O) groups is 1. The first-order valence-corrected chi connectivity index (χ1v) is 7.08. The van der Waals surface area contributed by atoms with E-state index in [4.69, 9.17) is 0 Å². The van der Waals surface area contributed by atoms with Gasteiger partial charge in [0.2, 0.25) is 5.78 Å². The molecule has 98 valence electrons. The highest BCUT2D eigenvalue weighted by Gasteiger charge is 2.18. The van der Waals surface area contributed by atoms with E-state index in [-0.39, 0.29) is 11.2 Å². The molecule has 3 heteroatoms. The fourth-order valence-electron chi connectivity index (χ4n) is 1.54. The van der Waals surface area contributed by atoms with Crippen molar-refractivity contribution in [2.45, 2.75) is 26.2 Å². The molecular weight excluding hydrogens is 254 g/mol. The van der Waals surface area contributed by atoms with Gasteiger partial charge in [-0.1, -0.05) is 57.2 Å². The maximum atomic E-state index is 12.0. The fourth-order valence-corrected chi connectivity index (χ4v) is 2.50. The third-order valence-electron chi connectivity index (χ3n) is 2.71. The van der Waals surface area contributed by atoms with E-state index >= 15 is 0 Å². The highest BCUT2D eigenvalue weighted by Crippen LogP contribution is 2.24. The van der Waals surface area contributed by atoms with Gasteiger partial charge in [-0.05, 0) is 11.6 Å². The molecule has 0 fully saturated rings. The topological polar surface area (TPSA) is 30.0 Å². The first-order valence-electron chi connectivity index (χ1n) is 6.20. The predicted molar refractivity (Wildman–Crippen MR) is 80.6 cm³/mol. The molecule has 0 aliphatic heterocycles. The van der Waals surface area contributed by atoms with Gasteiger partial charge < -0.3 is 0 Å². The Morgan fingerprint density at radius 2 is 1.89 bits per heavy atom. The van der Waals surface area contributed by atoms with Gasteiger partial charge in [0.15, 0.2) is 5.01 Å². The number of aromatic nitrogens is 1. The van der Waals surface area contributed by atoms with E-state index in [0.717, 1.165) is 11.3 Å². The Hall–Kier alpha value is -1.74. The highest BCUT2D eigenvalue weighted by atomic mass is 32.1. The van der Waals surface area contributed by atoms with Crippen molar-refractivity contribution in [3.05, 3.63) is 58.1 Å². The summed E-state index contributed by atoms with van der Waals surface area (Å²) in [6.45, 7) is 6.28. The van der Waals surface area contributed by atoms with Gasteiger partial charge in [0.25, 0.3) is 0 Å². The van der Waals surface area contributed by atoms with Gasteiger partial charge in [-0.15, -0.1) is 11.3 Å². The zero-order chi connectivity index (χ0) is 13.9. The van der Waals surface area contributed by atoms with Gasteiger partial charge in [-0.25, -0.2) is 4.98 Å². The van der Waals surface area contributed by atoms with Crippen molar-refractivity contribution in [3.8, 4) is 0 Å². The molecule has 0 unspecified atom stereocenters. The van der Waals surface area contributed by atoms with Crippen LogP contribution in [-0.2, 0) is 5.41 Å². The summed E-state index contributed by atoms with van der Waals surface area (Å²) >= 11 is 1.41. The molecule has 0 aliphatic carbocycles. The van der Waals surface area contributed by atoms with Crippen LogP contribution in [0.5, 0.6) is 0 Å². The number of hydrogen-bond acceptors (Lipinski definition) is 3.